The second kappa shape index (κ2) is 5.81. The number of rotatable bonds is 4. The maximum Gasteiger partial charge on any atom is 0.238 e. The van der Waals surface area contributed by atoms with Crippen molar-refractivity contribution in [1.82, 2.24) is 4.90 Å². The van der Waals surface area contributed by atoms with Gasteiger partial charge >= 0.3 is 0 Å². The SMILES string of the molecule is C[C@@H]1OCC[C@@H]1N(C)[C@@H](C)c1ccc(S(N)(=O)=O)cc1. The summed E-state index contributed by atoms with van der Waals surface area (Å²) in [6.07, 6.45) is 1.25. The standard InChI is InChI=1S/C14H22N2O3S/c1-10(16(3)14-8-9-19-11(14)2)12-4-6-13(7-5-12)20(15,17)18/h4-7,10-11,14H,8-9H2,1-3H3,(H2,15,17,18)/t10-,11-,14-/m0/s1. The Kier molecular flexibility index (Phi) is 4.49. The molecule has 1 aliphatic rings. The first kappa shape index (κ1) is 15.4. The summed E-state index contributed by atoms with van der Waals surface area (Å²) in [4.78, 5) is 2.43. The number of ether oxygens (including phenoxy) is 1. The number of primary sulfonamides is 1. The van der Waals surface area contributed by atoms with E-state index in [1.54, 1.807) is 12.1 Å². The van der Waals surface area contributed by atoms with Gasteiger partial charge in [-0.1, -0.05) is 12.1 Å². The number of hydrogen-bond donors (Lipinski definition) is 1. The van der Waals surface area contributed by atoms with Crippen molar-refractivity contribution in [2.75, 3.05) is 13.7 Å². The van der Waals surface area contributed by atoms with Crippen molar-refractivity contribution < 1.29 is 13.2 Å². The topological polar surface area (TPSA) is 72.6 Å². The van der Waals surface area contributed by atoms with Crippen LogP contribution in [0.3, 0.4) is 0 Å². The maximum atomic E-state index is 11.3. The molecule has 1 fully saturated rings. The third kappa shape index (κ3) is 3.20. The predicted molar refractivity (Wildman–Crippen MR) is 77.8 cm³/mol. The zero-order chi connectivity index (χ0) is 14.9. The zero-order valence-electron chi connectivity index (χ0n) is 12.1. The summed E-state index contributed by atoms with van der Waals surface area (Å²) in [5, 5.41) is 5.11. The minimum atomic E-state index is -3.62. The van der Waals surface area contributed by atoms with Crippen LogP contribution in [0.2, 0.25) is 0 Å². The van der Waals surface area contributed by atoms with Crippen LogP contribution >= 0.6 is 0 Å². The fourth-order valence-electron chi connectivity index (χ4n) is 2.71. The van der Waals surface area contributed by atoms with Crippen molar-refractivity contribution in [2.45, 2.75) is 43.4 Å². The summed E-state index contributed by atoms with van der Waals surface area (Å²) < 4.78 is 28.1. The molecule has 0 spiro atoms. The summed E-state index contributed by atoms with van der Waals surface area (Å²) in [7, 11) is -1.55. The molecule has 1 heterocycles. The highest BCUT2D eigenvalue weighted by molar-refractivity contribution is 7.89. The number of likely N-dealkylation sites (N-methyl/N-ethyl adjacent to an activating group) is 1. The summed E-state index contributed by atoms with van der Waals surface area (Å²) in [5.74, 6) is 0. The third-order valence-electron chi connectivity index (χ3n) is 4.16. The molecule has 20 heavy (non-hydrogen) atoms. The normalized spacial score (nSPS) is 25.1. The minimum absolute atomic E-state index is 0.147. The molecule has 1 aliphatic heterocycles. The van der Waals surface area contributed by atoms with Crippen molar-refractivity contribution in [1.29, 1.82) is 0 Å². The van der Waals surface area contributed by atoms with Gasteiger partial charge in [0.1, 0.15) is 0 Å². The van der Waals surface area contributed by atoms with Gasteiger partial charge in [0.05, 0.1) is 11.0 Å². The number of hydrogen-bond acceptors (Lipinski definition) is 4. The average molecular weight is 298 g/mol. The Morgan fingerprint density at radius 2 is 1.95 bits per heavy atom. The largest absolute Gasteiger partial charge is 0.377 e. The van der Waals surface area contributed by atoms with E-state index in [2.05, 4.69) is 25.8 Å². The van der Waals surface area contributed by atoms with Crippen LogP contribution in [0.4, 0.5) is 0 Å². The van der Waals surface area contributed by atoms with Gasteiger partial charge in [0.25, 0.3) is 0 Å². The quantitative estimate of drug-likeness (QED) is 0.914. The molecule has 1 aromatic rings. The molecule has 2 N–H and O–H groups in total. The van der Waals surface area contributed by atoms with E-state index in [1.807, 2.05) is 12.1 Å². The molecule has 0 amide bonds. The molecule has 0 bridgehead atoms. The highest BCUT2D eigenvalue weighted by Gasteiger charge is 2.30. The van der Waals surface area contributed by atoms with Crippen molar-refractivity contribution >= 4 is 10.0 Å². The summed E-state index contributed by atoms with van der Waals surface area (Å²) in [6, 6.07) is 7.34. The van der Waals surface area contributed by atoms with E-state index >= 15 is 0 Å². The summed E-state index contributed by atoms with van der Waals surface area (Å²) in [5.41, 5.74) is 1.07. The molecular formula is C14H22N2O3S. The lowest BCUT2D eigenvalue weighted by atomic mass is 10.0. The van der Waals surface area contributed by atoms with Crippen molar-refractivity contribution in [3.05, 3.63) is 29.8 Å². The molecule has 2 rings (SSSR count). The molecule has 3 atom stereocenters. The van der Waals surface area contributed by atoms with Gasteiger partial charge in [-0.3, -0.25) is 4.90 Å². The first-order valence-electron chi connectivity index (χ1n) is 6.77. The lowest BCUT2D eigenvalue weighted by molar-refractivity contribution is 0.0704. The average Bonchev–Trinajstić information content (AvgIpc) is 2.82. The van der Waals surface area contributed by atoms with Gasteiger partial charge in [0.15, 0.2) is 0 Å². The number of benzene rings is 1. The number of nitrogens with two attached hydrogens (primary N) is 1. The third-order valence-corrected chi connectivity index (χ3v) is 5.09. The van der Waals surface area contributed by atoms with Crippen molar-refractivity contribution in [3.63, 3.8) is 0 Å². The molecular weight excluding hydrogens is 276 g/mol. The van der Waals surface area contributed by atoms with Gasteiger partial charge in [0.2, 0.25) is 10.0 Å². The van der Waals surface area contributed by atoms with Crippen molar-refractivity contribution in [3.8, 4) is 0 Å². The van der Waals surface area contributed by atoms with Crippen LogP contribution in [-0.2, 0) is 14.8 Å². The van der Waals surface area contributed by atoms with Gasteiger partial charge < -0.3 is 4.74 Å². The van der Waals surface area contributed by atoms with Gasteiger partial charge in [0, 0.05) is 18.7 Å². The summed E-state index contributed by atoms with van der Waals surface area (Å²) >= 11 is 0. The lowest BCUT2D eigenvalue weighted by Crippen LogP contribution is -2.38. The molecule has 6 heteroatoms. The monoisotopic (exact) mass is 298 g/mol. The molecule has 1 aromatic carbocycles. The van der Waals surface area contributed by atoms with E-state index in [9.17, 15) is 8.42 Å². The molecule has 0 aliphatic carbocycles. The van der Waals surface area contributed by atoms with Crippen molar-refractivity contribution in [2.24, 2.45) is 5.14 Å². The van der Waals surface area contributed by atoms with Gasteiger partial charge in [-0.25, -0.2) is 13.6 Å². The Morgan fingerprint density at radius 1 is 1.35 bits per heavy atom. The summed E-state index contributed by atoms with van der Waals surface area (Å²) in [6.45, 7) is 5.00. The Balaban J connectivity index is 2.14. The van der Waals surface area contributed by atoms with Crippen LogP contribution in [0.1, 0.15) is 31.9 Å². The molecule has 0 radical (unpaired) electrons. The molecule has 1 saturated heterocycles. The minimum Gasteiger partial charge on any atom is -0.377 e. The second-order valence-electron chi connectivity index (χ2n) is 5.39. The van der Waals surface area contributed by atoms with E-state index < -0.39 is 10.0 Å². The second-order valence-corrected chi connectivity index (χ2v) is 6.95. The number of nitrogens with zero attached hydrogens (tertiary/aromatic N) is 1. The van der Waals surface area contributed by atoms with E-state index in [-0.39, 0.29) is 17.0 Å². The fourth-order valence-corrected chi connectivity index (χ4v) is 3.23. The van der Waals surface area contributed by atoms with E-state index in [0.717, 1.165) is 18.6 Å². The van der Waals surface area contributed by atoms with Crippen LogP contribution < -0.4 is 5.14 Å². The number of sulfonamides is 1. The predicted octanol–water partition coefficient (Wildman–Crippen LogP) is 1.50. The van der Waals surface area contributed by atoms with Gasteiger partial charge in [-0.2, -0.15) is 0 Å². The van der Waals surface area contributed by atoms with E-state index in [1.165, 1.54) is 0 Å². The fraction of sp³-hybridized carbons (Fsp3) is 0.571. The highest BCUT2D eigenvalue weighted by atomic mass is 32.2. The van der Waals surface area contributed by atoms with Gasteiger partial charge in [-0.15, -0.1) is 0 Å². The Bertz CT molecular complexity index is 556. The Hall–Kier alpha value is -0.950. The maximum absolute atomic E-state index is 11.3. The van der Waals surface area contributed by atoms with Crippen LogP contribution in [0, 0.1) is 0 Å². The zero-order valence-corrected chi connectivity index (χ0v) is 12.9. The molecule has 5 nitrogen and oxygen atoms in total. The first-order chi connectivity index (χ1) is 9.30. The lowest BCUT2D eigenvalue weighted by Gasteiger charge is -2.32. The Labute approximate surface area is 120 Å². The van der Waals surface area contributed by atoms with E-state index in [4.69, 9.17) is 9.88 Å². The van der Waals surface area contributed by atoms with Crippen LogP contribution in [0.15, 0.2) is 29.2 Å². The molecule has 0 unspecified atom stereocenters. The van der Waals surface area contributed by atoms with Crippen LogP contribution in [-0.4, -0.2) is 39.1 Å². The highest BCUT2D eigenvalue weighted by Crippen LogP contribution is 2.27. The smallest absolute Gasteiger partial charge is 0.238 e. The van der Waals surface area contributed by atoms with Gasteiger partial charge in [-0.05, 0) is 45.0 Å². The molecule has 112 valence electrons. The van der Waals surface area contributed by atoms with Crippen LogP contribution in [0.5, 0.6) is 0 Å². The Morgan fingerprint density at radius 3 is 2.40 bits per heavy atom. The molecule has 0 saturated carbocycles. The first-order valence-corrected chi connectivity index (χ1v) is 8.31. The van der Waals surface area contributed by atoms with E-state index in [0.29, 0.717) is 6.04 Å². The van der Waals surface area contributed by atoms with Crippen LogP contribution in [0.25, 0.3) is 0 Å². The molecule has 0 aromatic heterocycles.